The second-order valence-corrected chi connectivity index (χ2v) is 4.75. The Balaban J connectivity index is 2.04. The van der Waals surface area contributed by atoms with Crippen LogP contribution in [0.5, 0.6) is 5.75 Å². The van der Waals surface area contributed by atoms with Crippen LogP contribution in [0, 0.1) is 10.1 Å². The van der Waals surface area contributed by atoms with Crippen molar-refractivity contribution in [3.8, 4) is 5.75 Å². The third-order valence-corrected chi connectivity index (χ3v) is 3.33. The first kappa shape index (κ1) is 13.8. The SMILES string of the molecule is O=[N+]([O-])c1cccc(N=Cc2c(O)ccc3ccccc23)c1. The van der Waals surface area contributed by atoms with Crippen LogP contribution in [0.2, 0.25) is 0 Å². The third-order valence-electron chi connectivity index (χ3n) is 3.33. The Labute approximate surface area is 126 Å². The number of nitrogens with zero attached hydrogens (tertiary/aromatic N) is 2. The highest BCUT2D eigenvalue weighted by molar-refractivity contribution is 6.02. The Morgan fingerprint density at radius 2 is 1.86 bits per heavy atom. The molecule has 3 rings (SSSR count). The van der Waals surface area contributed by atoms with Gasteiger partial charge in [-0.1, -0.05) is 36.4 Å². The van der Waals surface area contributed by atoms with Gasteiger partial charge in [0.15, 0.2) is 0 Å². The van der Waals surface area contributed by atoms with E-state index in [-0.39, 0.29) is 11.4 Å². The maximum absolute atomic E-state index is 10.8. The van der Waals surface area contributed by atoms with Crippen LogP contribution in [0.1, 0.15) is 5.56 Å². The number of benzene rings is 3. The van der Waals surface area contributed by atoms with Crippen molar-refractivity contribution in [2.24, 2.45) is 4.99 Å². The van der Waals surface area contributed by atoms with E-state index in [2.05, 4.69) is 4.99 Å². The van der Waals surface area contributed by atoms with Crippen molar-refractivity contribution >= 4 is 28.4 Å². The molecule has 5 nitrogen and oxygen atoms in total. The van der Waals surface area contributed by atoms with E-state index < -0.39 is 4.92 Å². The number of hydrogen-bond donors (Lipinski definition) is 1. The van der Waals surface area contributed by atoms with Gasteiger partial charge in [-0.15, -0.1) is 0 Å². The van der Waals surface area contributed by atoms with Crippen LogP contribution in [-0.4, -0.2) is 16.2 Å². The lowest BCUT2D eigenvalue weighted by Gasteiger charge is -2.04. The number of fused-ring (bicyclic) bond motifs is 1. The zero-order valence-electron chi connectivity index (χ0n) is 11.5. The molecule has 0 saturated carbocycles. The van der Waals surface area contributed by atoms with Gasteiger partial charge in [-0.3, -0.25) is 15.1 Å². The first-order valence-electron chi connectivity index (χ1n) is 6.64. The number of phenolic OH excluding ortho intramolecular Hbond substituents is 1. The standard InChI is InChI=1S/C17H12N2O3/c20-17-9-8-12-4-1-2-7-15(12)16(17)11-18-13-5-3-6-14(10-13)19(21)22/h1-11,20H. The summed E-state index contributed by atoms with van der Waals surface area (Å²) in [5, 5.41) is 22.7. The molecule has 108 valence electrons. The van der Waals surface area contributed by atoms with Crippen LogP contribution < -0.4 is 0 Å². The van der Waals surface area contributed by atoms with Gasteiger partial charge in [-0.25, -0.2) is 0 Å². The van der Waals surface area contributed by atoms with E-state index >= 15 is 0 Å². The smallest absolute Gasteiger partial charge is 0.271 e. The summed E-state index contributed by atoms with van der Waals surface area (Å²) in [5.74, 6) is 0.118. The predicted molar refractivity (Wildman–Crippen MR) is 86.0 cm³/mol. The van der Waals surface area contributed by atoms with Crippen molar-refractivity contribution in [2.45, 2.75) is 0 Å². The molecule has 1 N–H and O–H groups in total. The Hall–Kier alpha value is -3.21. The monoisotopic (exact) mass is 292 g/mol. The van der Waals surface area contributed by atoms with Crippen LogP contribution in [-0.2, 0) is 0 Å². The zero-order valence-corrected chi connectivity index (χ0v) is 11.5. The minimum absolute atomic E-state index is 0.0169. The minimum Gasteiger partial charge on any atom is -0.507 e. The van der Waals surface area contributed by atoms with Gasteiger partial charge in [-0.05, 0) is 22.9 Å². The van der Waals surface area contributed by atoms with Crippen LogP contribution in [0.4, 0.5) is 11.4 Å². The quantitative estimate of drug-likeness (QED) is 0.446. The highest BCUT2D eigenvalue weighted by atomic mass is 16.6. The molecule has 0 radical (unpaired) electrons. The average Bonchev–Trinajstić information content (AvgIpc) is 2.54. The Kier molecular flexibility index (Phi) is 3.53. The molecule has 0 saturated heterocycles. The molecule has 0 aliphatic heterocycles. The predicted octanol–water partition coefficient (Wildman–Crippen LogP) is 4.20. The lowest BCUT2D eigenvalue weighted by molar-refractivity contribution is -0.384. The van der Waals surface area contributed by atoms with Crippen molar-refractivity contribution in [1.82, 2.24) is 0 Å². The van der Waals surface area contributed by atoms with Crippen molar-refractivity contribution in [3.63, 3.8) is 0 Å². The van der Waals surface area contributed by atoms with Crippen molar-refractivity contribution in [3.05, 3.63) is 76.3 Å². The highest BCUT2D eigenvalue weighted by Crippen LogP contribution is 2.26. The van der Waals surface area contributed by atoms with E-state index in [4.69, 9.17) is 0 Å². The van der Waals surface area contributed by atoms with Gasteiger partial charge >= 0.3 is 0 Å². The fourth-order valence-electron chi connectivity index (χ4n) is 2.25. The van der Waals surface area contributed by atoms with E-state index in [1.54, 1.807) is 18.2 Å². The molecule has 0 amide bonds. The van der Waals surface area contributed by atoms with Gasteiger partial charge in [0, 0.05) is 23.9 Å². The molecule has 3 aromatic rings. The van der Waals surface area contributed by atoms with Gasteiger partial charge in [0.2, 0.25) is 0 Å². The molecule has 0 unspecified atom stereocenters. The van der Waals surface area contributed by atoms with Gasteiger partial charge in [0.05, 0.1) is 10.6 Å². The van der Waals surface area contributed by atoms with Gasteiger partial charge < -0.3 is 5.11 Å². The molecular weight excluding hydrogens is 280 g/mol. The lowest BCUT2D eigenvalue weighted by Crippen LogP contribution is -1.87. The van der Waals surface area contributed by atoms with Gasteiger partial charge in [-0.2, -0.15) is 0 Å². The topological polar surface area (TPSA) is 75.7 Å². The molecule has 0 bridgehead atoms. The molecule has 0 aliphatic rings. The number of hydrogen-bond acceptors (Lipinski definition) is 4. The maximum atomic E-state index is 10.8. The zero-order chi connectivity index (χ0) is 15.5. The number of aliphatic imine (C=N–C) groups is 1. The summed E-state index contributed by atoms with van der Waals surface area (Å²) < 4.78 is 0. The van der Waals surface area contributed by atoms with E-state index in [1.807, 2.05) is 30.3 Å². The number of rotatable bonds is 3. The van der Waals surface area contributed by atoms with Crippen LogP contribution in [0.15, 0.2) is 65.7 Å². The minimum atomic E-state index is -0.464. The Morgan fingerprint density at radius 3 is 2.68 bits per heavy atom. The molecule has 22 heavy (non-hydrogen) atoms. The first-order valence-corrected chi connectivity index (χ1v) is 6.64. The maximum Gasteiger partial charge on any atom is 0.271 e. The Bertz CT molecular complexity index is 888. The second-order valence-electron chi connectivity index (χ2n) is 4.75. The van der Waals surface area contributed by atoms with E-state index in [9.17, 15) is 15.2 Å². The van der Waals surface area contributed by atoms with Gasteiger partial charge in [0.25, 0.3) is 5.69 Å². The number of non-ortho nitro benzene ring substituents is 1. The number of nitro groups is 1. The summed E-state index contributed by atoms with van der Waals surface area (Å²) in [6, 6.07) is 17.1. The summed E-state index contributed by atoms with van der Waals surface area (Å²) >= 11 is 0. The third kappa shape index (κ3) is 2.64. The number of phenols is 1. The van der Waals surface area contributed by atoms with E-state index in [0.29, 0.717) is 11.3 Å². The average molecular weight is 292 g/mol. The number of aromatic hydroxyl groups is 1. The van der Waals surface area contributed by atoms with E-state index in [0.717, 1.165) is 10.8 Å². The molecule has 0 fully saturated rings. The molecule has 0 spiro atoms. The van der Waals surface area contributed by atoms with Crippen molar-refractivity contribution in [2.75, 3.05) is 0 Å². The van der Waals surface area contributed by atoms with Gasteiger partial charge in [0.1, 0.15) is 5.75 Å². The first-order chi connectivity index (χ1) is 10.6. The second kappa shape index (κ2) is 5.65. The normalized spacial score (nSPS) is 11.1. The molecule has 0 aromatic heterocycles. The van der Waals surface area contributed by atoms with Crippen molar-refractivity contribution in [1.29, 1.82) is 0 Å². The number of nitro benzene ring substituents is 1. The lowest BCUT2D eigenvalue weighted by atomic mass is 10.0. The fraction of sp³-hybridized carbons (Fsp3) is 0. The van der Waals surface area contributed by atoms with Crippen LogP contribution in [0.25, 0.3) is 10.8 Å². The molecule has 0 aliphatic carbocycles. The summed E-state index contributed by atoms with van der Waals surface area (Å²) in [7, 11) is 0. The fourth-order valence-corrected chi connectivity index (χ4v) is 2.25. The summed E-state index contributed by atoms with van der Waals surface area (Å²) in [5.41, 5.74) is 1.03. The summed E-state index contributed by atoms with van der Waals surface area (Å²) in [4.78, 5) is 14.5. The molecule has 0 heterocycles. The van der Waals surface area contributed by atoms with E-state index in [1.165, 1.54) is 18.3 Å². The summed E-state index contributed by atoms with van der Waals surface area (Å²) in [6.45, 7) is 0. The molecule has 3 aromatic carbocycles. The largest absolute Gasteiger partial charge is 0.507 e. The van der Waals surface area contributed by atoms with Crippen LogP contribution >= 0.6 is 0 Å². The molecular formula is C17H12N2O3. The highest BCUT2D eigenvalue weighted by Gasteiger charge is 2.06. The van der Waals surface area contributed by atoms with Crippen molar-refractivity contribution < 1.29 is 10.0 Å². The molecule has 5 heteroatoms. The Morgan fingerprint density at radius 1 is 1.05 bits per heavy atom. The van der Waals surface area contributed by atoms with Crippen LogP contribution in [0.3, 0.4) is 0 Å². The summed E-state index contributed by atoms with van der Waals surface area (Å²) in [6.07, 6.45) is 1.52. The molecule has 0 atom stereocenters.